The largest absolute Gasteiger partial charge is 0.463 e. The summed E-state index contributed by atoms with van der Waals surface area (Å²) in [6.07, 6.45) is -20.7. The van der Waals surface area contributed by atoms with Gasteiger partial charge < -0.3 is 75.8 Å². The Morgan fingerprint density at radius 1 is 0.377 bits per heavy atom. The van der Waals surface area contributed by atoms with Crippen LogP contribution in [0.4, 0.5) is 0 Å². The molecule has 3 fully saturated rings. The van der Waals surface area contributed by atoms with Crippen molar-refractivity contribution in [3.05, 3.63) is 35.9 Å². The van der Waals surface area contributed by atoms with Gasteiger partial charge in [-0.25, -0.2) is 4.79 Å². The first kappa shape index (κ1) is 63.2. The molecular weight excluding hydrogens is 1030 g/mol. The molecule has 26 heteroatoms. The molecule has 0 aliphatic carbocycles. The smallest absolute Gasteiger partial charge is 0.338 e. The minimum Gasteiger partial charge on any atom is -0.463 e. The molecule has 430 valence electrons. The van der Waals surface area contributed by atoms with Crippen molar-refractivity contribution in [3.63, 3.8) is 0 Å². The Kier molecular flexibility index (Phi) is 25.6. The fourth-order valence-corrected chi connectivity index (χ4v) is 8.57. The van der Waals surface area contributed by atoms with E-state index < -0.39 is 172 Å². The van der Waals surface area contributed by atoms with Gasteiger partial charge in [-0.15, -0.1) is 0 Å². The van der Waals surface area contributed by atoms with Gasteiger partial charge >= 0.3 is 59.7 Å². The predicted octanol–water partition coefficient (Wildman–Crippen LogP) is 2.81. The molecule has 4 rings (SSSR count). The standard InChI is InChI=1S/C51H70O26/c1-11-12-13-14-15-19-22-62-49-46(76-48(61)35-20-17-16-18-21-35)44(77-51-47(72-34(10)60)43(70-32(8)58)40(67-29(5)55)37(75-51)24-64-27(3)53)41(68-30(6)56)38(73-49)25-65-50-45(71-33(9)59)42(69-31(7)57)39(66-28(4)54)36(74-50)23-63-26(2)52/h16-18,20-21,36-47,49-51H,11-15,19,22-25H2,1-10H3/t36-,37-,38-,39-,40-,41-,42+,43+,44+,45+,46+,47+,49-,50+,51-/m1/s1. The Balaban J connectivity index is 1.94. The maximum atomic E-state index is 14.2. The average molecular weight is 1100 g/mol. The minimum absolute atomic E-state index is 0.0204. The van der Waals surface area contributed by atoms with Crippen LogP contribution in [0.2, 0.25) is 0 Å². The number of carbonyl (C=O) groups is 10. The van der Waals surface area contributed by atoms with Gasteiger partial charge in [-0.05, 0) is 18.6 Å². The van der Waals surface area contributed by atoms with Crippen molar-refractivity contribution in [2.45, 2.75) is 200 Å². The third-order valence-corrected chi connectivity index (χ3v) is 11.5. The molecule has 1 aromatic rings. The number of rotatable bonds is 26. The van der Waals surface area contributed by atoms with Crippen LogP contribution in [0.15, 0.2) is 30.3 Å². The van der Waals surface area contributed by atoms with Crippen molar-refractivity contribution < 1.29 is 124 Å². The molecule has 0 saturated carbocycles. The maximum absolute atomic E-state index is 14.2. The SMILES string of the molecule is CCCCCCCCO[C@@H]1O[C@H](CO[C@H]2O[C@H](COC(C)=O)[C@@H](OC(C)=O)[C@H](OC(C)=O)[C@@H]2OC(C)=O)[C@@H](OC(C)=O)[C@H](O[C@H]2O[C@H](COC(C)=O)[C@@H](OC(C)=O)[C@H](OC(C)=O)[C@@H]2OC(C)=O)[C@@H]1OC(=O)c1ccccc1. The van der Waals surface area contributed by atoms with Crippen molar-refractivity contribution in [1.29, 1.82) is 0 Å². The van der Waals surface area contributed by atoms with Gasteiger partial charge in [-0.3, -0.25) is 43.2 Å². The number of ether oxygens (including phenoxy) is 16. The lowest BCUT2D eigenvalue weighted by Gasteiger charge is -2.49. The molecule has 0 radical (unpaired) electrons. The molecule has 0 aromatic heterocycles. The Hall–Kier alpha value is -6.32. The highest BCUT2D eigenvalue weighted by Crippen LogP contribution is 2.37. The van der Waals surface area contributed by atoms with Crippen LogP contribution >= 0.6 is 0 Å². The molecular formula is C51H70O26. The third-order valence-electron chi connectivity index (χ3n) is 11.5. The highest BCUT2D eigenvalue weighted by atomic mass is 16.8. The topological polar surface area (TPSA) is 318 Å². The summed E-state index contributed by atoms with van der Waals surface area (Å²) in [4.78, 5) is 128. The van der Waals surface area contributed by atoms with Crippen LogP contribution < -0.4 is 0 Å². The van der Waals surface area contributed by atoms with Gasteiger partial charge in [0.05, 0.1) is 12.2 Å². The van der Waals surface area contributed by atoms with E-state index in [4.69, 9.17) is 75.8 Å². The number of hydrogen-bond acceptors (Lipinski definition) is 26. The average Bonchev–Trinajstić information content (AvgIpc) is 3.33. The molecule has 3 aliphatic heterocycles. The fourth-order valence-electron chi connectivity index (χ4n) is 8.57. The van der Waals surface area contributed by atoms with E-state index in [0.717, 1.165) is 88.0 Å². The van der Waals surface area contributed by atoms with Crippen LogP contribution in [0.5, 0.6) is 0 Å². The molecule has 77 heavy (non-hydrogen) atoms. The zero-order chi connectivity index (χ0) is 56.9. The van der Waals surface area contributed by atoms with Crippen molar-refractivity contribution in [3.8, 4) is 0 Å². The molecule has 3 heterocycles. The Morgan fingerprint density at radius 3 is 1.19 bits per heavy atom. The van der Waals surface area contributed by atoms with Crippen molar-refractivity contribution >= 4 is 59.7 Å². The van der Waals surface area contributed by atoms with Gasteiger partial charge in [0.2, 0.25) is 0 Å². The number of esters is 10. The van der Waals surface area contributed by atoms with E-state index in [-0.39, 0.29) is 12.2 Å². The summed E-state index contributed by atoms with van der Waals surface area (Å²) in [7, 11) is 0. The summed E-state index contributed by atoms with van der Waals surface area (Å²) < 4.78 is 94.4. The summed E-state index contributed by atoms with van der Waals surface area (Å²) in [5.41, 5.74) is 0.0337. The van der Waals surface area contributed by atoms with Crippen LogP contribution in [-0.2, 0) is 119 Å². The lowest BCUT2D eigenvalue weighted by Crippen LogP contribution is -2.67. The first-order chi connectivity index (χ1) is 36.5. The van der Waals surface area contributed by atoms with Crippen LogP contribution in [0.25, 0.3) is 0 Å². The first-order valence-corrected chi connectivity index (χ1v) is 25.1. The minimum atomic E-state index is -1.98. The number of unbranched alkanes of at least 4 members (excludes halogenated alkanes) is 5. The van der Waals surface area contributed by atoms with E-state index in [9.17, 15) is 47.9 Å². The van der Waals surface area contributed by atoms with Gasteiger partial charge in [0.15, 0.2) is 67.7 Å². The Bertz CT molecular complexity index is 2170. The Morgan fingerprint density at radius 2 is 0.740 bits per heavy atom. The third kappa shape index (κ3) is 20.2. The second kappa shape index (κ2) is 31.2. The number of hydrogen-bond donors (Lipinski definition) is 0. The van der Waals surface area contributed by atoms with Crippen LogP contribution in [0, 0.1) is 0 Å². The second-order valence-corrected chi connectivity index (χ2v) is 18.1. The maximum Gasteiger partial charge on any atom is 0.338 e. The van der Waals surface area contributed by atoms with Crippen molar-refractivity contribution in [2.75, 3.05) is 26.4 Å². The van der Waals surface area contributed by atoms with Gasteiger partial charge in [-0.1, -0.05) is 57.2 Å². The van der Waals surface area contributed by atoms with Crippen molar-refractivity contribution in [2.24, 2.45) is 0 Å². The molecule has 3 aliphatic rings. The van der Waals surface area contributed by atoms with E-state index in [0.29, 0.717) is 12.8 Å². The number of carbonyl (C=O) groups excluding carboxylic acids is 10. The summed E-state index contributed by atoms with van der Waals surface area (Å²) >= 11 is 0. The molecule has 0 bridgehead atoms. The highest BCUT2D eigenvalue weighted by Gasteiger charge is 2.59. The van der Waals surface area contributed by atoms with E-state index >= 15 is 0 Å². The molecule has 1 aromatic carbocycles. The van der Waals surface area contributed by atoms with Crippen molar-refractivity contribution in [1.82, 2.24) is 0 Å². The van der Waals surface area contributed by atoms with E-state index in [1.165, 1.54) is 12.1 Å². The zero-order valence-electron chi connectivity index (χ0n) is 44.7. The molecule has 15 atom stereocenters. The van der Waals surface area contributed by atoms with Gasteiger partial charge in [0.25, 0.3) is 0 Å². The van der Waals surface area contributed by atoms with Gasteiger partial charge in [0.1, 0.15) is 37.6 Å². The lowest BCUT2D eigenvalue weighted by molar-refractivity contribution is -0.366. The summed E-state index contributed by atoms with van der Waals surface area (Å²) in [5, 5.41) is 0. The van der Waals surface area contributed by atoms with Gasteiger partial charge in [-0.2, -0.15) is 0 Å². The summed E-state index contributed by atoms with van der Waals surface area (Å²) in [5.74, 6) is -9.16. The van der Waals surface area contributed by atoms with E-state index in [1.54, 1.807) is 18.2 Å². The quantitative estimate of drug-likeness (QED) is 0.0731. The van der Waals surface area contributed by atoms with E-state index in [1.807, 2.05) is 0 Å². The van der Waals surface area contributed by atoms with E-state index in [2.05, 4.69) is 6.92 Å². The molecule has 0 unspecified atom stereocenters. The first-order valence-electron chi connectivity index (χ1n) is 25.1. The second-order valence-electron chi connectivity index (χ2n) is 18.1. The molecule has 0 spiro atoms. The Labute approximate surface area is 444 Å². The lowest BCUT2D eigenvalue weighted by atomic mass is 9.95. The fraction of sp³-hybridized carbons (Fsp3) is 0.686. The summed E-state index contributed by atoms with van der Waals surface area (Å²) in [6, 6.07) is 7.67. The summed E-state index contributed by atoms with van der Waals surface area (Å²) in [6.45, 7) is 9.34. The monoisotopic (exact) mass is 1100 g/mol. The van der Waals surface area contributed by atoms with Crippen LogP contribution in [0.1, 0.15) is 118 Å². The zero-order valence-corrected chi connectivity index (χ0v) is 44.7. The van der Waals surface area contributed by atoms with Gasteiger partial charge in [0, 0.05) is 68.9 Å². The van der Waals surface area contributed by atoms with Crippen LogP contribution in [-0.4, -0.2) is 178 Å². The molecule has 3 saturated heterocycles. The molecule has 0 amide bonds. The highest BCUT2D eigenvalue weighted by molar-refractivity contribution is 5.89. The van der Waals surface area contributed by atoms with Crippen LogP contribution in [0.3, 0.4) is 0 Å². The number of benzene rings is 1. The molecule has 0 N–H and O–H groups in total. The normalized spacial score (nSPS) is 28.8. The predicted molar refractivity (Wildman–Crippen MR) is 254 cm³/mol. The molecule has 26 nitrogen and oxygen atoms in total.